The second-order valence-electron chi connectivity index (χ2n) is 14.8. The molecule has 0 saturated heterocycles. The molecule has 8 aromatic rings. The van der Waals surface area contributed by atoms with Crippen LogP contribution in [0.1, 0.15) is 40.7 Å². The maximum absolute atomic E-state index is 6.86. The number of para-hydroxylation sites is 1. The molecule has 0 atom stereocenters. The number of aromatic nitrogens is 2. The molecule has 0 saturated carbocycles. The first-order chi connectivity index (χ1) is 27.7. The molecule has 0 amide bonds. The highest BCUT2D eigenvalue weighted by Crippen LogP contribution is 2.62. The lowest BCUT2D eigenvalue weighted by atomic mass is 9.66. The highest BCUT2D eigenvalue weighted by Gasteiger charge is 2.50. The number of nitrogens with zero attached hydrogens (tertiary/aromatic N) is 2. The van der Waals surface area contributed by atoms with Crippen molar-refractivity contribution in [2.24, 2.45) is 0 Å². The summed E-state index contributed by atoms with van der Waals surface area (Å²) in [5.74, 6) is 2.39. The highest BCUT2D eigenvalue weighted by atomic mass is 16.5. The molecule has 11 rings (SSSR count). The normalized spacial score (nSPS) is 14.2. The number of fused-ring (bicyclic) bond motifs is 9. The predicted octanol–water partition coefficient (Wildman–Crippen LogP) is 13.3. The summed E-state index contributed by atoms with van der Waals surface area (Å²) in [4.78, 5) is 10.5. The number of hydrogen-bond donors (Lipinski definition) is 0. The smallest absolute Gasteiger partial charge is 0.160 e. The molecule has 3 nitrogen and oxygen atoms in total. The van der Waals surface area contributed by atoms with E-state index in [2.05, 4.69) is 188 Å². The lowest BCUT2D eigenvalue weighted by molar-refractivity contribution is 0.436. The van der Waals surface area contributed by atoms with Crippen LogP contribution in [0.5, 0.6) is 11.5 Å². The Labute approximate surface area is 327 Å². The largest absolute Gasteiger partial charge is 0.457 e. The fourth-order valence-electron chi connectivity index (χ4n) is 9.03. The molecule has 1 aliphatic heterocycles. The molecule has 0 unspecified atom stereocenters. The van der Waals surface area contributed by atoms with Crippen molar-refractivity contribution >= 4 is 5.57 Å². The van der Waals surface area contributed by atoms with Crippen LogP contribution in [-0.4, -0.2) is 9.97 Å². The van der Waals surface area contributed by atoms with Gasteiger partial charge in [0.25, 0.3) is 0 Å². The van der Waals surface area contributed by atoms with Crippen molar-refractivity contribution in [2.45, 2.75) is 18.3 Å². The molecule has 0 fully saturated rings. The summed E-state index contributed by atoms with van der Waals surface area (Å²) in [6.07, 6.45) is 8.74. The highest BCUT2D eigenvalue weighted by molar-refractivity contribution is 5.89. The first-order valence-corrected chi connectivity index (χ1v) is 19.4. The Bertz CT molecular complexity index is 2820. The van der Waals surface area contributed by atoms with Crippen molar-refractivity contribution in [3.8, 4) is 67.7 Å². The summed E-state index contributed by atoms with van der Waals surface area (Å²) in [5, 5.41) is 0. The Balaban J connectivity index is 1.07. The minimum Gasteiger partial charge on any atom is -0.457 e. The Kier molecular flexibility index (Phi) is 7.53. The summed E-state index contributed by atoms with van der Waals surface area (Å²) >= 11 is 0. The number of allylic oxidation sites excluding steroid dienone is 4. The van der Waals surface area contributed by atoms with Gasteiger partial charge in [-0.05, 0) is 75.6 Å². The Morgan fingerprint density at radius 2 is 0.982 bits per heavy atom. The van der Waals surface area contributed by atoms with E-state index in [9.17, 15) is 0 Å². The molecule has 3 aliphatic rings. The van der Waals surface area contributed by atoms with Gasteiger partial charge >= 0.3 is 0 Å². The molecule has 3 heteroatoms. The van der Waals surface area contributed by atoms with E-state index in [1.807, 2.05) is 6.07 Å². The Morgan fingerprint density at radius 3 is 1.70 bits per heavy atom. The van der Waals surface area contributed by atoms with Gasteiger partial charge in [0.1, 0.15) is 11.5 Å². The summed E-state index contributed by atoms with van der Waals surface area (Å²) < 4.78 is 6.86. The third-order valence-corrected chi connectivity index (χ3v) is 11.7. The Hall–Kier alpha value is -7.10. The third kappa shape index (κ3) is 5.12. The van der Waals surface area contributed by atoms with E-state index in [0.29, 0.717) is 5.82 Å². The SMILES string of the molecule is C1=CCCC(c2ccc(-c3cc(-c4ccc5c(c4)Oc4ccccc4C54c5ccccc5-c5ccccc54)nc(-c4ccc(-c5ccccc5)cc4)n3)cc2)=C1. The van der Waals surface area contributed by atoms with Crippen LogP contribution in [0.4, 0.5) is 0 Å². The van der Waals surface area contributed by atoms with E-state index in [0.717, 1.165) is 69.1 Å². The topological polar surface area (TPSA) is 35.0 Å². The number of hydrogen-bond acceptors (Lipinski definition) is 3. The standard InChI is InChI=1S/C53H36N2O/c1-3-13-35(14-4-1)37-23-27-39(28-24-37)48-34-49(55-52(54-48)40-29-25-38(26-30-40)36-15-5-2-6-16-36)41-31-32-47-51(33-41)56-50-22-12-11-21-46(50)53(47)44-19-9-7-17-42(44)43-18-8-10-20-45(43)53/h1-3,5-13,15-34H,4,14H2. The maximum atomic E-state index is 6.86. The van der Waals surface area contributed by atoms with Gasteiger partial charge in [-0.3, -0.25) is 0 Å². The molecule has 264 valence electrons. The van der Waals surface area contributed by atoms with Crippen molar-refractivity contribution < 1.29 is 4.74 Å². The fraction of sp³-hybridized carbons (Fsp3) is 0.0566. The van der Waals surface area contributed by atoms with E-state index < -0.39 is 5.41 Å². The molecule has 0 bridgehead atoms. The van der Waals surface area contributed by atoms with Crippen LogP contribution in [0.15, 0.2) is 194 Å². The van der Waals surface area contributed by atoms with Crippen molar-refractivity contribution in [1.29, 1.82) is 0 Å². The molecule has 56 heavy (non-hydrogen) atoms. The lowest BCUT2D eigenvalue weighted by Crippen LogP contribution is -2.32. The zero-order valence-corrected chi connectivity index (χ0v) is 30.7. The van der Waals surface area contributed by atoms with Gasteiger partial charge in [-0.1, -0.05) is 176 Å². The first kappa shape index (κ1) is 32.3. The van der Waals surface area contributed by atoms with Crippen LogP contribution in [0.3, 0.4) is 0 Å². The zero-order chi connectivity index (χ0) is 37.1. The van der Waals surface area contributed by atoms with E-state index in [-0.39, 0.29) is 0 Å². The van der Waals surface area contributed by atoms with Gasteiger partial charge in [-0.15, -0.1) is 0 Å². The maximum Gasteiger partial charge on any atom is 0.160 e. The van der Waals surface area contributed by atoms with Gasteiger partial charge in [0.05, 0.1) is 16.8 Å². The quantitative estimate of drug-likeness (QED) is 0.178. The lowest BCUT2D eigenvalue weighted by Gasteiger charge is -2.39. The van der Waals surface area contributed by atoms with Gasteiger partial charge in [0, 0.05) is 27.8 Å². The van der Waals surface area contributed by atoms with E-state index >= 15 is 0 Å². The summed E-state index contributed by atoms with van der Waals surface area (Å²) in [7, 11) is 0. The van der Waals surface area contributed by atoms with Gasteiger partial charge in [-0.25, -0.2) is 9.97 Å². The summed E-state index contributed by atoms with van der Waals surface area (Å²) in [5.41, 5.74) is 16.5. The molecule has 2 aliphatic carbocycles. The molecule has 7 aromatic carbocycles. The number of benzene rings is 7. The fourth-order valence-corrected chi connectivity index (χ4v) is 9.03. The minimum absolute atomic E-state index is 0.510. The van der Waals surface area contributed by atoms with Crippen molar-refractivity contribution in [3.05, 3.63) is 222 Å². The minimum atomic E-state index is -0.510. The van der Waals surface area contributed by atoms with Gasteiger partial charge in [0.15, 0.2) is 5.82 Å². The monoisotopic (exact) mass is 716 g/mol. The molecule has 2 heterocycles. The van der Waals surface area contributed by atoms with Crippen LogP contribution in [0.25, 0.3) is 61.7 Å². The van der Waals surface area contributed by atoms with E-state index in [4.69, 9.17) is 14.7 Å². The van der Waals surface area contributed by atoms with Crippen LogP contribution < -0.4 is 4.74 Å². The molecule has 0 N–H and O–H groups in total. The predicted molar refractivity (Wildman–Crippen MR) is 228 cm³/mol. The molecule has 1 aromatic heterocycles. The molecule has 1 spiro atoms. The third-order valence-electron chi connectivity index (χ3n) is 11.7. The molecular weight excluding hydrogens is 681 g/mol. The average Bonchev–Trinajstić information content (AvgIpc) is 3.57. The van der Waals surface area contributed by atoms with Crippen molar-refractivity contribution in [2.75, 3.05) is 0 Å². The van der Waals surface area contributed by atoms with E-state index in [1.54, 1.807) is 0 Å². The van der Waals surface area contributed by atoms with Crippen molar-refractivity contribution in [1.82, 2.24) is 9.97 Å². The Morgan fingerprint density at radius 1 is 0.429 bits per heavy atom. The van der Waals surface area contributed by atoms with E-state index in [1.165, 1.54) is 39.0 Å². The molecule has 0 radical (unpaired) electrons. The van der Waals surface area contributed by atoms with Crippen LogP contribution >= 0.6 is 0 Å². The average molecular weight is 717 g/mol. The summed E-state index contributed by atoms with van der Waals surface area (Å²) in [6.45, 7) is 0. The van der Waals surface area contributed by atoms with Crippen LogP contribution in [0.2, 0.25) is 0 Å². The van der Waals surface area contributed by atoms with Gasteiger partial charge in [0.2, 0.25) is 0 Å². The van der Waals surface area contributed by atoms with Gasteiger partial charge in [-0.2, -0.15) is 0 Å². The molecular formula is C53H36N2O. The van der Waals surface area contributed by atoms with Gasteiger partial charge < -0.3 is 4.74 Å². The number of ether oxygens (including phenoxy) is 1. The van der Waals surface area contributed by atoms with Crippen LogP contribution in [0, 0.1) is 0 Å². The number of rotatable bonds is 5. The second kappa shape index (κ2) is 13.0. The summed E-state index contributed by atoms with van der Waals surface area (Å²) in [6, 6.07) is 62.8. The zero-order valence-electron chi connectivity index (χ0n) is 30.7. The van der Waals surface area contributed by atoms with Crippen molar-refractivity contribution in [3.63, 3.8) is 0 Å². The van der Waals surface area contributed by atoms with Crippen LogP contribution in [-0.2, 0) is 5.41 Å². The second-order valence-corrected chi connectivity index (χ2v) is 14.8. The first-order valence-electron chi connectivity index (χ1n) is 19.4.